The van der Waals surface area contributed by atoms with Crippen molar-refractivity contribution in [2.75, 3.05) is 0 Å². The van der Waals surface area contributed by atoms with Crippen LogP contribution in [0.2, 0.25) is 0 Å². The summed E-state index contributed by atoms with van der Waals surface area (Å²) < 4.78 is 4.15. The molecular weight excluding hydrogens is 268 g/mol. The van der Waals surface area contributed by atoms with Gasteiger partial charge in [0.05, 0.1) is 12.1 Å². The summed E-state index contributed by atoms with van der Waals surface area (Å²) in [7, 11) is 0. The first-order chi connectivity index (χ1) is 9.47. The van der Waals surface area contributed by atoms with Crippen LogP contribution in [0, 0.1) is 0 Å². The van der Waals surface area contributed by atoms with Crippen molar-refractivity contribution < 1.29 is 0 Å². The van der Waals surface area contributed by atoms with Crippen molar-refractivity contribution in [3.05, 3.63) is 24.3 Å². The van der Waals surface area contributed by atoms with Gasteiger partial charge in [-0.05, 0) is 45.7 Å². The molecule has 1 aromatic carbocycles. The molecule has 1 heterocycles. The molecule has 0 saturated carbocycles. The minimum absolute atomic E-state index is 0.111. The summed E-state index contributed by atoms with van der Waals surface area (Å²) in [5.41, 5.74) is 2.00. The van der Waals surface area contributed by atoms with E-state index in [1.807, 2.05) is 24.3 Å². The van der Waals surface area contributed by atoms with Gasteiger partial charge in [0.1, 0.15) is 11.0 Å². The van der Waals surface area contributed by atoms with E-state index in [1.54, 1.807) is 16.3 Å². The largest absolute Gasteiger partial charge is 0.221 e. The number of hydrogen-bond acceptors (Lipinski definition) is 4. The molecule has 0 aliphatic heterocycles. The number of nitrogens with zero attached hydrogens (tertiary/aromatic N) is 4. The Balaban J connectivity index is 2.27. The van der Waals surface area contributed by atoms with E-state index in [4.69, 9.17) is 0 Å². The molecule has 1 atom stereocenters. The molecule has 1 unspecified atom stereocenters. The fourth-order valence-corrected chi connectivity index (χ4v) is 3.13. The molecule has 110 valence electrons. The third kappa shape index (κ3) is 3.15. The molecule has 5 heteroatoms. The average molecular weight is 292 g/mol. The Labute approximate surface area is 125 Å². The van der Waals surface area contributed by atoms with Gasteiger partial charge in [-0.2, -0.15) is 0 Å². The van der Waals surface area contributed by atoms with E-state index in [9.17, 15) is 0 Å². The van der Waals surface area contributed by atoms with Gasteiger partial charge in [0.15, 0.2) is 0 Å². The standard InChI is InChI=1S/C15H24N4S/c1-6-12(3)18(15(4,5)7-2)20-19-16-13-10-8-9-11-14(13)17-19/h8-12H,6-7H2,1-5H3. The Morgan fingerprint density at radius 1 is 1.20 bits per heavy atom. The molecule has 0 aliphatic carbocycles. The number of benzene rings is 1. The molecule has 2 rings (SSSR count). The Morgan fingerprint density at radius 2 is 1.75 bits per heavy atom. The zero-order chi connectivity index (χ0) is 14.8. The highest BCUT2D eigenvalue weighted by Crippen LogP contribution is 2.31. The molecule has 0 spiro atoms. The van der Waals surface area contributed by atoms with Crippen LogP contribution in [0.1, 0.15) is 47.5 Å². The summed E-state index contributed by atoms with van der Waals surface area (Å²) in [6.07, 6.45) is 2.20. The van der Waals surface area contributed by atoms with Crippen molar-refractivity contribution in [1.29, 1.82) is 0 Å². The third-order valence-corrected chi connectivity index (χ3v) is 5.22. The lowest BCUT2D eigenvalue weighted by Gasteiger charge is -2.39. The minimum atomic E-state index is 0.111. The molecule has 20 heavy (non-hydrogen) atoms. The maximum absolute atomic E-state index is 4.54. The number of rotatable bonds is 6. The summed E-state index contributed by atoms with van der Waals surface area (Å²) in [5, 5.41) is 9.09. The van der Waals surface area contributed by atoms with Crippen LogP contribution in [0.4, 0.5) is 0 Å². The van der Waals surface area contributed by atoms with Gasteiger partial charge in [-0.3, -0.25) is 0 Å². The number of aromatic nitrogens is 3. The zero-order valence-electron chi connectivity index (χ0n) is 13.0. The molecule has 1 aromatic heterocycles. The van der Waals surface area contributed by atoms with Crippen molar-refractivity contribution >= 4 is 23.2 Å². The molecule has 2 aromatic rings. The monoisotopic (exact) mass is 292 g/mol. The highest BCUT2D eigenvalue weighted by atomic mass is 32.2. The summed E-state index contributed by atoms with van der Waals surface area (Å²) in [6, 6.07) is 8.46. The van der Waals surface area contributed by atoms with Crippen molar-refractivity contribution in [1.82, 2.24) is 18.7 Å². The summed E-state index contributed by atoms with van der Waals surface area (Å²) in [5.74, 6) is 0. The predicted molar refractivity (Wildman–Crippen MR) is 86.5 cm³/mol. The lowest BCUT2D eigenvalue weighted by Crippen LogP contribution is -2.44. The van der Waals surface area contributed by atoms with E-state index in [0.717, 1.165) is 23.9 Å². The molecule has 0 radical (unpaired) electrons. The molecule has 0 N–H and O–H groups in total. The summed E-state index contributed by atoms with van der Waals surface area (Å²) in [4.78, 5) is 0. The minimum Gasteiger partial charge on any atom is -0.221 e. The Hall–Kier alpha value is -1.07. The van der Waals surface area contributed by atoms with Crippen LogP contribution in [0.25, 0.3) is 11.0 Å². The first-order valence-corrected chi connectivity index (χ1v) is 8.01. The molecule has 0 aliphatic rings. The Morgan fingerprint density at radius 3 is 2.20 bits per heavy atom. The van der Waals surface area contributed by atoms with Crippen molar-refractivity contribution in [2.45, 2.75) is 59.0 Å². The average Bonchev–Trinajstić information content (AvgIpc) is 2.86. The predicted octanol–water partition coefficient (Wildman–Crippen LogP) is 4.13. The van der Waals surface area contributed by atoms with Crippen LogP contribution in [0.3, 0.4) is 0 Å². The molecule has 4 nitrogen and oxygen atoms in total. The van der Waals surface area contributed by atoms with E-state index in [-0.39, 0.29) is 5.54 Å². The molecule has 0 fully saturated rings. The fraction of sp³-hybridized carbons (Fsp3) is 0.600. The Kier molecular flexibility index (Phi) is 4.70. The normalized spacial score (nSPS) is 14.1. The molecule has 0 saturated heterocycles. The van der Waals surface area contributed by atoms with E-state index in [0.29, 0.717) is 6.04 Å². The maximum Gasteiger partial charge on any atom is 0.114 e. The smallest absolute Gasteiger partial charge is 0.114 e. The van der Waals surface area contributed by atoms with E-state index < -0.39 is 0 Å². The van der Waals surface area contributed by atoms with E-state index in [2.05, 4.69) is 49.1 Å². The third-order valence-electron chi connectivity index (χ3n) is 3.88. The number of hydrogen-bond donors (Lipinski definition) is 0. The molecular formula is C15H24N4S. The lowest BCUT2D eigenvalue weighted by molar-refractivity contribution is 0.188. The van der Waals surface area contributed by atoms with Gasteiger partial charge in [0.2, 0.25) is 0 Å². The van der Waals surface area contributed by atoms with Gasteiger partial charge in [-0.15, -0.1) is 14.4 Å². The highest BCUT2D eigenvalue weighted by molar-refractivity contribution is 7.95. The first kappa shape index (κ1) is 15.3. The van der Waals surface area contributed by atoms with Crippen LogP contribution >= 0.6 is 12.1 Å². The quantitative estimate of drug-likeness (QED) is 0.750. The van der Waals surface area contributed by atoms with Crippen LogP contribution < -0.4 is 0 Å². The van der Waals surface area contributed by atoms with Crippen molar-refractivity contribution in [3.63, 3.8) is 0 Å². The second-order valence-corrected chi connectivity index (χ2v) is 6.66. The first-order valence-electron chi connectivity index (χ1n) is 7.27. The summed E-state index contributed by atoms with van der Waals surface area (Å²) in [6.45, 7) is 11.2. The second kappa shape index (κ2) is 6.14. The second-order valence-electron chi connectivity index (χ2n) is 5.77. The van der Waals surface area contributed by atoms with Gasteiger partial charge in [0, 0.05) is 11.6 Å². The summed E-state index contributed by atoms with van der Waals surface area (Å²) >= 11 is 1.61. The van der Waals surface area contributed by atoms with Crippen LogP contribution in [-0.4, -0.2) is 30.3 Å². The van der Waals surface area contributed by atoms with Crippen LogP contribution in [0.15, 0.2) is 24.3 Å². The molecule has 0 amide bonds. The highest BCUT2D eigenvalue weighted by Gasteiger charge is 2.30. The van der Waals surface area contributed by atoms with Gasteiger partial charge in [0.25, 0.3) is 0 Å². The van der Waals surface area contributed by atoms with E-state index >= 15 is 0 Å². The SMILES string of the molecule is CCC(C)N(Sn1nc2ccccc2n1)C(C)(C)CC. The number of fused-ring (bicyclic) bond motifs is 1. The van der Waals surface area contributed by atoms with Gasteiger partial charge in [-0.25, -0.2) is 4.31 Å². The topological polar surface area (TPSA) is 34.0 Å². The van der Waals surface area contributed by atoms with Gasteiger partial charge >= 0.3 is 0 Å². The van der Waals surface area contributed by atoms with Crippen LogP contribution in [0.5, 0.6) is 0 Å². The van der Waals surface area contributed by atoms with Gasteiger partial charge < -0.3 is 0 Å². The van der Waals surface area contributed by atoms with Crippen molar-refractivity contribution in [2.24, 2.45) is 0 Å². The lowest BCUT2D eigenvalue weighted by atomic mass is 10.0. The zero-order valence-corrected chi connectivity index (χ0v) is 13.8. The van der Waals surface area contributed by atoms with Crippen LogP contribution in [-0.2, 0) is 0 Å². The fourth-order valence-electron chi connectivity index (χ4n) is 2.06. The Bertz CT molecular complexity index is 531. The van der Waals surface area contributed by atoms with Gasteiger partial charge in [-0.1, -0.05) is 26.0 Å². The molecule has 0 bridgehead atoms. The maximum atomic E-state index is 4.54. The van der Waals surface area contributed by atoms with E-state index in [1.165, 1.54) is 0 Å². The van der Waals surface area contributed by atoms with Crippen molar-refractivity contribution in [3.8, 4) is 0 Å².